The minimum atomic E-state index is -1.17. The molecule has 2 N–H and O–H groups in total. The molecule has 0 radical (unpaired) electrons. The molecule has 0 aromatic heterocycles. The maximum absolute atomic E-state index is 14.4. The van der Waals surface area contributed by atoms with Gasteiger partial charge < -0.3 is 15.1 Å². The lowest BCUT2D eigenvalue weighted by molar-refractivity contribution is -0.0914. The van der Waals surface area contributed by atoms with Crippen LogP contribution in [0.4, 0.5) is 4.39 Å². The van der Waals surface area contributed by atoms with Crippen molar-refractivity contribution in [1.82, 2.24) is 4.90 Å². The summed E-state index contributed by atoms with van der Waals surface area (Å²) < 4.78 is 14.4. The van der Waals surface area contributed by atoms with Crippen LogP contribution in [0.5, 0.6) is 5.75 Å². The smallest absolute Gasteiger partial charge is 0.170 e. The first-order valence-electron chi connectivity index (χ1n) is 7.77. The molecule has 0 amide bonds. The second-order valence-electron chi connectivity index (χ2n) is 7.07. The average Bonchev–Trinajstić information content (AvgIpc) is 2.81. The molecule has 0 saturated heterocycles. The van der Waals surface area contributed by atoms with Crippen molar-refractivity contribution in [2.75, 3.05) is 20.6 Å². The molecule has 21 heavy (non-hydrogen) atoms. The monoisotopic (exact) mass is 293 g/mol. The van der Waals surface area contributed by atoms with Crippen LogP contribution >= 0.6 is 0 Å². The second-order valence-corrected chi connectivity index (χ2v) is 7.07. The fourth-order valence-corrected chi connectivity index (χ4v) is 4.50. The van der Waals surface area contributed by atoms with E-state index in [1.54, 1.807) is 12.1 Å². The predicted octanol–water partition coefficient (Wildman–Crippen LogP) is 2.72. The van der Waals surface area contributed by atoms with Crippen molar-refractivity contribution in [3.8, 4) is 5.75 Å². The predicted molar refractivity (Wildman–Crippen MR) is 79.5 cm³/mol. The molecule has 3 rings (SSSR count). The number of rotatable bonds is 3. The van der Waals surface area contributed by atoms with E-state index in [0.717, 1.165) is 25.8 Å². The number of phenolic OH excluding ortho intramolecular Hbond substituents is 1. The van der Waals surface area contributed by atoms with Crippen LogP contribution < -0.4 is 0 Å². The van der Waals surface area contributed by atoms with Gasteiger partial charge in [-0.2, -0.15) is 0 Å². The third-order valence-electron chi connectivity index (χ3n) is 5.37. The zero-order valence-electron chi connectivity index (χ0n) is 12.7. The van der Waals surface area contributed by atoms with Gasteiger partial charge in [-0.15, -0.1) is 0 Å². The van der Waals surface area contributed by atoms with Gasteiger partial charge in [0.1, 0.15) is 0 Å². The Hall–Kier alpha value is -1.13. The highest BCUT2D eigenvalue weighted by molar-refractivity contribution is 5.35. The summed E-state index contributed by atoms with van der Waals surface area (Å²) in [6.45, 7) is 0.739. The second kappa shape index (κ2) is 5.25. The van der Waals surface area contributed by atoms with Crippen LogP contribution in [-0.4, -0.2) is 35.8 Å². The molecule has 0 aliphatic heterocycles. The Morgan fingerprint density at radius 1 is 1.33 bits per heavy atom. The third kappa shape index (κ3) is 2.44. The fourth-order valence-electron chi connectivity index (χ4n) is 4.50. The number of fused-ring (bicyclic) bond motifs is 2. The Labute approximate surface area is 125 Å². The summed E-state index contributed by atoms with van der Waals surface area (Å²) in [5, 5.41) is 21.0. The van der Waals surface area contributed by atoms with Gasteiger partial charge in [-0.25, -0.2) is 4.39 Å². The largest absolute Gasteiger partial charge is 0.505 e. The summed E-state index contributed by atoms with van der Waals surface area (Å²) >= 11 is 0. The van der Waals surface area contributed by atoms with E-state index in [1.807, 2.05) is 14.1 Å². The highest BCUT2D eigenvalue weighted by Gasteiger charge is 2.52. The Bertz CT molecular complexity index is 534. The van der Waals surface area contributed by atoms with E-state index in [9.17, 15) is 14.6 Å². The average molecular weight is 293 g/mol. The number of hydrogen-bond acceptors (Lipinski definition) is 3. The molecule has 116 valence electrons. The summed E-state index contributed by atoms with van der Waals surface area (Å²) in [6.07, 6.45) is 3.98. The molecule has 1 aromatic carbocycles. The van der Waals surface area contributed by atoms with Gasteiger partial charge in [-0.05, 0) is 51.3 Å². The summed E-state index contributed by atoms with van der Waals surface area (Å²) in [6, 6.07) is 4.58. The van der Waals surface area contributed by atoms with Crippen molar-refractivity contribution >= 4 is 0 Å². The Kier molecular flexibility index (Phi) is 3.70. The van der Waals surface area contributed by atoms with Crippen molar-refractivity contribution in [2.45, 2.75) is 31.3 Å². The summed E-state index contributed by atoms with van der Waals surface area (Å²) in [4.78, 5) is 2.06. The zero-order chi connectivity index (χ0) is 15.2. The maximum atomic E-state index is 14.4. The molecule has 0 heterocycles. The van der Waals surface area contributed by atoms with Gasteiger partial charge in [-0.3, -0.25) is 0 Å². The van der Waals surface area contributed by atoms with E-state index in [0.29, 0.717) is 18.3 Å². The molecule has 2 unspecified atom stereocenters. The first kappa shape index (κ1) is 14.8. The first-order valence-corrected chi connectivity index (χ1v) is 7.77. The van der Waals surface area contributed by atoms with Crippen molar-refractivity contribution in [2.24, 2.45) is 17.8 Å². The lowest BCUT2D eigenvalue weighted by Gasteiger charge is -2.45. The van der Waals surface area contributed by atoms with E-state index >= 15 is 0 Å². The van der Waals surface area contributed by atoms with Crippen LogP contribution in [0.25, 0.3) is 0 Å². The quantitative estimate of drug-likeness (QED) is 0.900. The molecule has 2 bridgehead atoms. The molecule has 2 aliphatic rings. The lowest BCUT2D eigenvalue weighted by Crippen LogP contribution is -2.47. The zero-order valence-corrected chi connectivity index (χ0v) is 12.7. The SMILES string of the molecule is CN(C)C[C@H]1C2CCC(C2)C[C@]1(O)c1cccc(O)c1F. The minimum absolute atomic E-state index is 0.0162. The molecular formula is C17H24FNO2. The lowest BCUT2D eigenvalue weighted by atomic mass is 9.65. The Morgan fingerprint density at radius 2 is 2.10 bits per heavy atom. The van der Waals surface area contributed by atoms with E-state index in [1.165, 1.54) is 6.07 Å². The van der Waals surface area contributed by atoms with Crippen molar-refractivity contribution in [3.05, 3.63) is 29.6 Å². The number of halogens is 1. The highest BCUT2D eigenvalue weighted by atomic mass is 19.1. The molecule has 3 nitrogen and oxygen atoms in total. The number of hydrogen-bond donors (Lipinski definition) is 2. The van der Waals surface area contributed by atoms with Gasteiger partial charge in [0.25, 0.3) is 0 Å². The summed E-state index contributed by atoms with van der Waals surface area (Å²) in [5.74, 6) is -0.104. The van der Waals surface area contributed by atoms with Gasteiger partial charge in [0.2, 0.25) is 0 Å². The third-order valence-corrected chi connectivity index (χ3v) is 5.37. The topological polar surface area (TPSA) is 43.7 Å². The van der Waals surface area contributed by atoms with Crippen molar-refractivity contribution < 1.29 is 14.6 Å². The molecule has 2 fully saturated rings. The fraction of sp³-hybridized carbons (Fsp3) is 0.647. The van der Waals surface area contributed by atoms with Crippen LogP contribution in [0.2, 0.25) is 0 Å². The van der Waals surface area contributed by atoms with Crippen LogP contribution in [0, 0.1) is 23.6 Å². The first-order chi connectivity index (χ1) is 9.91. The van der Waals surface area contributed by atoms with E-state index < -0.39 is 11.4 Å². The number of benzene rings is 1. The van der Waals surface area contributed by atoms with Gasteiger partial charge in [0, 0.05) is 18.0 Å². The van der Waals surface area contributed by atoms with E-state index in [4.69, 9.17) is 0 Å². The number of aliphatic hydroxyl groups is 1. The Balaban J connectivity index is 2.04. The van der Waals surface area contributed by atoms with Crippen LogP contribution in [0.3, 0.4) is 0 Å². The number of nitrogens with zero attached hydrogens (tertiary/aromatic N) is 1. The molecule has 4 atom stereocenters. The standard InChI is InChI=1S/C17H24FNO2/c1-19(2)10-14-12-7-6-11(8-12)9-17(14,21)13-4-3-5-15(20)16(13)18/h3-5,11-12,14,20-21H,6-10H2,1-2H3/t11?,12?,14-,17-/m0/s1. The highest BCUT2D eigenvalue weighted by Crippen LogP contribution is 2.54. The van der Waals surface area contributed by atoms with Gasteiger partial charge in [0.15, 0.2) is 11.6 Å². The van der Waals surface area contributed by atoms with Crippen molar-refractivity contribution in [3.63, 3.8) is 0 Å². The van der Waals surface area contributed by atoms with Crippen LogP contribution in [-0.2, 0) is 5.60 Å². The van der Waals surface area contributed by atoms with Crippen LogP contribution in [0.1, 0.15) is 31.2 Å². The minimum Gasteiger partial charge on any atom is -0.505 e. The Morgan fingerprint density at radius 3 is 2.81 bits per heavy atom. The maximum Gasteiger partial charge on any atom is 0.170 e. The molecule has 2 aliphatic carbocycles. The molecule has 1 aromatic rings. The molecule has 2 saturated carbocycles. The normalized spacial score (nSPS) is 35.4. The van der Waals surface area contributed by atoms with Gasteiger partial charge in [0.05, 0.1) is 5.60 Å². The van der Waals surface area contributed by atoms with Gasteiger partial charge in [-0.1, -0.05) is 18.6 Å². The van der Waals surface area contributed by atoms with E-state index in [-0.39, 0.29) is 17.2 Å². The van der Waals surface area contributed by atoms with Gasteiger partial charge >= 0.3 is 0 Å². The summed E-state index contributed by atoms with van der Waals surface area (Å²) in [7, 11) is 3.97. The van der Waals surface area contributed by atoms with Crippen LogP contribution in [0.15, 0.2) is 18.2 Å². The van der Waals surface area contributed by atoms with Crippen molar-refractivity contribution in [1.29, 1.82) is 0 Å². The molecular weight excluding hydrogens is 269 g/mol. The molecule has 4 heteroatoms. The summed E-state index contributed by atoms with van der Waals surface area (Å²) in [5.41, 5.74) is -0.900. The number of aromatic hydroxyl groups is 1. The number of phenols is 1. The molecule has 0 spiro atoms. The van der Waals surface area contributed by atoms with E-state index in [2.05, 4.69) is 4.90 Å².